The van der Waals surface area contributed by atoms with Crippen LogP contribution in [0.15, 0.2) is 101 Å². The van der Waals surface area contributed by atoms with Gasteiger partial charge in [0.15, 0.2) is 11.5 Å². The molecule has 4 aromatic carbocycles. The Morgan fingerprint density at radius 1 is 0.930 bits per heavy atom. The number of hydrazone groups is 1. The highest BCUT2D eigenvalue weighted by molar-refractivity contribution is 7.92. The molecule has 0 atom stereocenters. The Hall–Kier alpha value is -4.54. The third-order valence-electron chi connectivity index (χ3n) is 6.23. The Balaban J connectivity index is 1.49. The molecule has 224 valence electrons. The molecule has 43 heavy (non-hydrogen) atoms. The standard InChI is InChI=1S/C32H32ClN3O6S/c1-4-41-31-19-25(13-18-30(31)42-22-24-11-14-26(33)15-12-24)20-34-35-32(37)21-36(28-7-5-6-8-29(28)40-3)43(38,39)27-16-9-23(2)10-17-27/h5-20H,4,21-22H2,1-3H3,(H,35,37)/b34-20-. The second-order valence-corrected chi connectivity index (χ2v) is 11.6. The van der Waals surface area contributed by atoms with Crippen LogP contribution < -0.4 is 23.9 Å². The molecule has 0 aliphatic carbocycles. The Bertz CT molecular complexity index is 1680. The number of aryl methyl sites for hydroxylation is 1. The van der Waals surface area contributed by atoms with Gasteiger partial charge in [0, 0.05) is 5.02 Å². The first-order chi connectivity index (χ1) is 20.7. The van der Waals surface area contributed by atoms with E-state index < -0.39 is 22.5 Å². The van der Waals surface area contributed by atoms with Crippen molar-refractivity contribution in [3.63, 3.8) is 0 Å². The highest BCUT2D eigenvalue weighted by Crippen LogP contribution is 2.32. The Labute approximate surface area is 256 Å². The number of ether oxygens (including phenoxy) is 3. The van der Waals surface area contributed by atoms with Gasteiger partial charge in [0.05, 0.1) is 30.5 Å². The molecule has 4 rings (SSSR count). The molecule has 0 fully saturated rings. The SMILES string of the molecule is CCOc1cc(/C=N\NC(=O)CN(c2ccccc2OC)S(=O)(=O)c2ccc(C)cc2)ccc1OCc1ccc(Cl)cc1. The maximum absolute atomic E-state index is 13.7. The van der Waals surface area contributed by atoms with Crippen LogP contribution in [0.3, 0.4) is 0 Å². The minimum atomic E-state index is -4.12. The normalized spacial score (nSPS) is 11.3. The molecule has 1 amide bonds. The van der Waals surface area contributed by atoms with Gasteiger partial charge in [0.1, 0.15) is 18.9 Å². The van der Waals surface area contributed by atoms with Crippen molar-refractivity contribution in [3.8, 4) is 17.2 Å². The van der Waals surface area contributed by atoms with Crippen LogP contribution in [0.5, 0.6) is 17.2 Å². The van der Waals surface area contributed by atoms with E-state index >= 15 is 0 Å². The molecule has 0 spiro atoms. The summed E-state index contributed by atoms with van der Waals surface area (Å²) in [5.74, 6) is 0.715. The average molecular weight is 622 g/mol. The lowest BCUT2D eigenvalue weighted by atomic mass is 10.2. The maximum atomic E-state index is 13.7. The largest absolute Gasteiger partial charge is 0.495 e. The molecule has 9 nitrogen and oxygen atoms in total. The molecule has 0 radical (unpaired) electrons. The zero-order chi connectivity index (χ0) is 30.8. The van der Waals surface area contributed by atoms with E-state index in [4.69, 9.17) is 25.8 Å². The number of para-hydroxylation sites is 2. The highest BCUT2D eigenvalue weighted by Gasteiger charge is 2.29. The van der Waals surface area contributed by atoms with Crippen molar-refractivity contribution < 1.29 is 27.4 Å². The smallest absolute Gasteiger partial charge is 0.264 e. The van der Waals surface area contributed by atoms with E-state index in [-0.39, 0.29) is 10.6 Å². The van der Waals surface area contributed by atoms with Crippen molar-refractivity contribution in [1.29, 1.82) is 0 Å². The van der Waals surface area contributed by atoms with Gasteiger partial charge in [-0.25, -0.2) is 13.8 Å². The van der Waals surface area contributed by atoms with Crippen molar-refractivity contribution in [2.24, 2.45) is 5.10 Å². The van der Waals surface area contributed by atoms with Gasteiger partial charge in [-0.1, -0.05) is 53.6 Å². The fourth-order valence-corrected chi connectivity index (χ4v) is 5.61. The number of carbonyl (C=O) groups excluding carboxylic acids is 1. The summed E-state index contributed by atoms with van der Waals surface area (Å²) in [6, 6.07) is 25.6. The van der Waals surface area contributed by atoms with Crippen molar-refractivity contribution in [2.75, 3.05) is 24.6 Å². The van der Waals surface area contributed by atoms with Gasteiger partial charge in [-0.2, -0.15) is 5.10 Å². The number of nitrogens with zero attached hydrogens (tertiary/aromatic N) is 2. The van der Waals surface area contributed by atoms with Crippen LogP contribution in [0, 0.1) is 6.92 Å². The summed E-state index contributed by atoms with van der Waals surface area (Å²) in [5.41, 5.74) is 5.13. The Morgan fingerprint density at radius 2 is 1.65 bits per heavy atom. The number of methoxy groups -OCH3 is 1. The number of carbonyl (C=O) groups is 1. The van der Waals surface area contributed by atoms with E-state index in [0.29, 0.717) is 41.0 Å². The summed E-state index contributed by atoms with van der Waals surface area (Å²) in [7, 11) is -2.68. The minimum Gasteiger partial charge on any atom is -0.495 e. The van der Waals surface area contributed by atoms with Crippen molar-refractivity contribution in [1.82, 2.24) is 5.43 Å². The number of hydrogen-bond acceptors (Lipinski definition) is 7. The lowest BCUT2D eigenvalue weighted by molar-refractivity contribution is -0.119. The van der Waals surface area contributed by atoms with Crippen molar-refractivity contribution in [3.05, 3.63) is 113 Å². The van der Waals surface area contributed by atoms with Crippen LogP contribution in [0.1, 0.15) is 23.6 Å². The van der Waals surface area contributed by atoms with Crippen molar-refractivity contribution in [2.45, 2.75) is 25.3 Å². The summed E-state index contributed by atoms with van der Waals surface area (Å²) in [5, 5.41) is 4.69. The van der Waals surface area contributed by atoms with Crippen LogP contribution in [0.2, 0.25) is 5.02 Å². The van der Waals surface area contributed by atoms with Gasteiger partial charge in [-0.3, -0.25) is 9.10 Å². The zero-order valence-electron chi connectivity index (χ0n) is 24.0. The molecule has 0 aliphatic rings. The molecule has 0 saturated carbocycles. The third-order valence-corrected chi connectivity index (χ3v) is 8.25. The maximum Gasteiger partial charge on any atom is 0.264 e. The van der Waals surface area contributed by atoms with Gasteiger partial charge in [-0.05, 0) is 79.6 Å². The summed E-state index contributed by atoms with van der Waals surface area (Å²) in [6.45, 7) is 3.94. The number of sulfonamides is 1. The van der Waals surface area contributed by atoms with E-state index in [1.807, 2.05) is 26.0 Å². The van der Waals surface area contributed by atoms with Crippen LogP contribution in [-0.2, 0) is 21.4 Å². The molecular formula is C32H32ClN3O6S. The first-order valence-electron chi connectivity index (χ1n) is 13.4. The monoisotopic (exact) mass is 621 g/mol. The molecule has 4 aromatic rings. The van der Waals surface area contributed by atoms with Crippen molar-refractivity contribution >= 4 is 39.4 Å². The predicted molar refractivity (Wildman–Crippen MR) is 168 cm³/mol. The number of rotatable bonds is 13. The van der Waals surface area contributed by atoms with E-state index in [2.05, 4.69) is 10.5 Å². The Kier molecular flexibility index (Phi) is 10.6. The summed E-state index contributed by atoms with van der Waals surface area (Å²) < 4.78 is 45.4. The molecule has 0 saturated heterocycles. The molecule has 0 aliphatic heterocycles. The zero-order valence-corrected chi connectivity index (χ0v) is 25.6. The number of nitrogens with one attached hydrogen (secondary N) is 1. The summed E-state index contributed by atoms with van der Waals surface area (Å²) >= 11 is 5.96. The van der Waals surface area contributed by atoms with E-state index in [9.17, 15) is 13.2 Å². The summed E-state index contributed by atoms with van der Waals surface area (Å²) in [6.07, 6.45) is 1.44. The van der Waals surface area contributed by atoms with Gasteiger partial charge in [-0.15, -0.1) is 0 Å². The van der Waals surface area contributed by atoms with Gasteiger partial charge in [0.2, 0.25) is 0 Å². The van der Waals surface area contributed by atoms with Gasteiger partial charge < -0.3 is 14.2 Å². The number of hydrogen-bond donors (Lipinski definition) is 1. The molecule has 1 N–H and O–H groups in total. The third kappa shape index (κ3) is 8.27. The first kappa shape index (κ1) is 31.4. The fourth-order valence-electron chi connectivity index (χ4n) is 4.05. The number of amides is 1. The molecule has 0 unspecified atom stereocenters. The van der Waals surface area contributed by atoms with Gasteiger partial charge >= 0.3 is 0 Å². The first-order valence-corrected chi connectivity index (χ1v) is 15.2. The highest BCUT2D eigenvalue weighted by atomic mass is 35.5. The van der Waals surface area contributed by atoms with Crippen LogP contribution >= 0.6 is 11.6 Å². The molecule has 0 aromatic heterocycles. The molecule has 0 bridgehead atoms. The second kappa shape index (κ2) is 14.6. The average Bonchev–Trinajstić information content (AvgIpc) is 3.00. The minimum absolute atomic E-state index is 0.0436. The predicted octanol–water partition coefficient (Wildman–Crippen LogP) is 5.98. The van der Waals surface area contributed by atoms with E-state index in [1.54, 1.807) is 66.7 Å². The quantitative estimate of drug-likeness (QED) is 0.145. The number of anilines is 1. The van der Waals surface area contributed by atoms with Crippen LogP contribution in [0.4, 0.5) is 5.69 Å². The topological polar surface area (TPSA) is 107 Å². The van der Waals surface area contributed by atoms with E-state index in [0.717, 1.165) is 15.4 Å². The fraction of sp³-hybridized carbons (Fsp3) is 0.188. The summed E-state index contributed by atoms with van der Waals surface area (Å²) in [4.78, 5) is 13.0. The van der Waals surface area contributed by atoms with Gasteiger partial charge in [0.25, 0.3) is 15.9 Å². The van der Waals surface area contributed by atoms with Crippen LogP contribution in [0.25, 0.3) is 0 Å². The van der Waals surface area contributed by atoms with Crippen LogP contribution in [-0.4, -0.2) is 40.8 Å². The lowest BCUT2D eigenvalue weighted by Gasteiger charge is -2.25. The number of halogens is 1. The molecular weight excluding hydrogens is 590 g/mol. The number of benzene rings is 4. The van der Waals surface area contributed by atoms with E-state index in [1.165, 1.54) is 25.5 Å². The second-order valence-electron chi connectivity index (χ2n) is 9.34. The lowest BCUT2D eigenvalue weighted by Crippen LogP contribution is -2.39. The molecule has 0 heterocycles. The Morgan fingerprint density at radius 3 is 2.35 bits per heavy atom. The molecule has 11 heteroatoms.